The van der Waals surface area contributed by atoms with Gasteiger partial charge in [0.2, 0.25) is 0 Å². The summed E-state index contributed by atoms with van der Waals surface area (Å²) in [5.41, 5.74) is 8.83. The highest BCUT2D eigenvalue weighted by molar-refractivity contribution is 7.26. The van der Waals surface area contributed by atoms with Gasteiger partial charge in [-0.25, -0.2) is 15.0 Å². The van der Waals surface area contributed by atoms with Gasteiger partial charge in [0.05, 0.1) is 15.9 Å². The zero-order valence-corrected chi connectivity index (χ0v) is 34.7. The summed E-state index contributed by atoms with van der Waals surface area (Å²) < 4.78 is 2.46. The molecule has 2 unspecified atom stereocenters. The van der Waals surface area contributed by atoms with Gasteiger partial charge in [0.1, 0.15) is 12.0 Å². The minimum atomic E-state index is -0.131. The van der Waals surface area contributed by atoms with E-state index < -0.39 is 0 Å². The monoisotopic (exact) mass is 800 g/mol. The molecule has 0 spiro atoms. The molecule has 0 fully saturated rings. The summed E-state index contributed by atoms with van der Waals surface area (Å²) in [7, 11) is 2.12. The van der Waals surface area contributed by atoms with Crippen LogP contribution in [0.25, 0.3) is 85.8 Å². The summed E-state index contributed by atoms with van der Waals surface area (Å²) in [5.74, 6) is 2.14. The first-order valence-corrected chi connectivity index (χ1v) is 21.9. The topological polar surface area (TPSA) is 40.9 Å². The minimum Gasteiger partial charge on any atom is -0.333 e. The van der Waals surface area contributed by atoms with E-state index in [-0.39, 0.29) is 6.17 Å². The average Bonchev–Trinajstić information content (AvgIpc) is 3.72. The van der Waals surface area contributed by atoms with Gasteiger partial charge in [-0.15, -0.1) is 11.3 Å². The predicted molar refractivity (Wildman–Crippen MR) is 260 cm³/mol. The SMILES string of the molecule is CC1C=CC=C(C2N=C(c3ccccc3)N=C(c3ccc(-c4nc5ccc(-c6ccc7c8ccccc8c8ccccc8c7c6)cc5c5c4sc4ccccc45)cc3)N2C)C1. The van der Waals surface area contributed by atoms with Crippen LogP contribution in [0.2, 0.25) is 0 Å². The largest absolute Gasteiger partial charge is 0.333 e. The number of likely N-dealkylation sites (N-methyl/N-ethyl adjacent to an activating group) is 1. The van der Waals surface area contributed by atoms with Gasteiger partial charge < -0.3 is 4.90 Å². The molecule has 0 radical (unpaired) electrons. The summed E-state index contributed by atoms with van der Waals surface area (Å²) in [6.07, 6.45) is 7.51. The Bertz CT molecular complexity index is 3500. The van der Waals surface area contributed by atoms with E-state index in [1.165, 1.54) is 74.6 Å². The number of hydrogen-bond donors (Lipinski definition) is 0. The molecule has 2 aromatic heterocycles. The highest BCUT2D eigenvalue weighted by Gasteiger charge is 2.29. The van der Waals surface area contributed by atoms with Crippen molar-refractivity contribution in [1.82, 2.24) is 9.88 Å². The van der Waals surface area contributed by atoms with Gasteiger partial charge in [-0.3, -0.25) is 0 Å². The molecule has 290 valence electrons. The Morgan fingerprint density at radius 1 is 0.557 bits per heavy atom. The van der Waals surface area contributed by atoms with Crippen LogP contribution in [0.3, 0.4) is 0 Å². The number of thiophene rings is 1. The lowest BCUT2D eigenvalue weighted by molar-refractivity contribution is 0.400. The van der Waals surface area contributed by atoms with E-state index in [1.54, 1.807) is 0 Å². The van der Waals surface area contributed by atoms with Crippen molar-refractivity contribution in [3.63, 3.8) is 0 Å². The first-order chi connectivity index (χ1) is 30.1. The van der Waals surface area contributed by atoms with Crippen molar-refractivity contribution in [1.29, 1.82) is 0 Å². The van der Waals surface area contributed by atoms with Crippen molar-refractivity contribution in [2.45, 2.75) is 19.5 Å². The molecule has 0 amide bonds. The molecule has 2 atom stereocenters. The second-order valence-electron chi connectivity index (χ2n) is 16.5. The fourth-order valence-corrected chi connectivity index (χ4v) is 10.9. The summed E-state index contributed by atoms with van der Waals surface area (Å²) in [6.45, 7) is 2.27. The van der Waals surface area contributed by atoms with Crippen LogP contribution in [0, 0.1) is 5.92 Å². The number of allylic oxidation sites excluding steroid dienone is 3. The van der Waals surface area contributed by atoms with Gasteiger partial charge in [-0.05, 0) is 85.6 Å². The molecular weight excluding hydrogens is 761 g/mol. The average molecular weight is 801 g/mol. The summed E-state index contributed by atoms with van der Waals surface area (Å²) in [5, 5.41) is 11.4. The van der Waals surface area contributed by atoms with Crippen molar-refractivity contribution in [2.24, 2.45) is 15.9 Å². The first-order valence-electron chi connectivity index (χ1n) is 21.1. The normalized spacial score (nSPS) is 16.8. The summed E-state index contributed by atoms with van der Waals surface area (Å²) >= 11 is 1.83. The lowest BCUT2D eigenvalue weighted by Crippen LogP contribution is -2.42. The molecular formula is C56H40N4S. The number of benzene rings is 8. The van der Waals surface area contributed by atoms with Crippen molar-refractivity contribution in [3.05, 3.63) is 199 Å². The van der Waals surface area contributed by atoms with Crippen LogP contribution < -0.4 is 0 Å². The van der Waals surface area contributed by atoms with Gasteiger partial charge in [-0.2, -0.15) is 0 Å². The van der Waals surface area contributed by atoms with Crippen LogP contribution in [0.4, 0.5) is 0 Å². The molecule has 1 aliphatic heterocycles. The molecule has 12 rings (SSSR count). The van der Waals surface area contributed by atoms with Crippen molar-refractivity contribution < 1.29 is 0 Å². The lowest BCUT2D eigenvalue weighted by atomic mass is 9.91. The number of hydrogen-bond acceptors (Lipinski definition) is 5. The number of aromatic nitrogens is 1. The molecule has 1 aliphatic carbocycles. The van der Waals surface area contributed by atoms with E-state index in [2.05, 4.69) is 195 Å². The van der Waals surface area contributed by atoms with Crippen molar-refractivity contribution in [2.75, 3.05) is 7.05 Å². The number of fused-ring (bicyclic) bond motifs is 11. The first kappa shape index (κ1) is 35.7. The Balaban J connectivity index is 0.972. The maximum absolute atomic E-state index is 5.45. The maximum atomic E-state index is 5.45. The highest BCUT2D eigenvalue weighted by Crippen LogP contribution is 2.44. The predicted octanol–water partition coefficient (Wildman–Crippen LogP) is 14.4. The number of rotatable bonds is 5. The Labute approximate surface area is 358 Å². The van der Waals surface area contributed by atoms with Gasteiger partial charge in [-0.1, -0.05) is 165 Å². The molecule has 61 heavy (non-hydrogen) atoms. The third-order valence-electron chi connectivity index (χ3n) is 12.6. The van der Waals surface area contributed by atoms with Crippen LogP contribution in [-0.2, 0) is 0 Å². The molecule has 3 heterocycles. The molecule has 0 N–H and O–H groups in total. The molecule has 0 bridgehead atoms. The van der Waals surface area contributed by atoms with Gasteiger partial charge >= 0.3 is 0 Å². The third-order valence-corrected chi connectivity index (χ3v) is 13.8. The fourth-order valence-electron chi connectivity index (χ4n) is 9.64. The standard InChI is InChI=1S/C56H40N4S/c1-34-13-12-16-40(31-34)56-59-54(36-14-4-3-5-15-36)58-55(60(56)2)37-25-23-35(24-26-37)52-53-51(46-21-10-11-22-50(46)61-53)48-33-39(28-30-49(48)57-52)38-27-29-45-43-19-7-6-17-41(43)42-18-8-9-20-44(42)47(45)32-38/h3-30,32-34,56H,31H2,1-2H3. The number of pyridine rings is 1. The van der Waals surface area contributed by atoms with Crippen LogP contribution >= 0.6 is 11.3 Å². The van der Waals surface area contributed by atoms with E-state index in [0.29, 0.717) is 5.92 Å². The van der Waals surface area contributed by atoms with Gasteiger partial charge in [0, 0.05) is 44.6 Å². The minimum absolute atomic E-state index is 0.131. The molecule has 0 saturated carbocycles. The second-order valence-corrected chi connectivity index (χ2v) is 17.5. The maximum Gasteiger partial charge on any atom is 0.159 e. The quantitative estimate of drug-likeness (QED) is 0.163. The molecule has 10 aromatic rings. The Kier molecular flexibility index (Phi) is 8.32. The smallest absolute Gasteiger partial charge is 0.159 e. The number of aliphatic imine (C=N–C) groups is 2. The second kappa shape index (κ2) is 14.2. The molecule has 0 saturated heterocycles. The highest BCUT2D eigenvalue weighted by atomic mass is 32.1. The molecule has 4 nitrogen and oxygen atoms in total. The van der Waals surface area contributed by atoms with Crippen LogP contribution in [0.1, 0.15) is 24.5 Å². The van der Waals surface area contributed by atoms with E-state index in [4.69, 9.17) is 15.0 Å². The number of nitrogens with zero attached hydrogens (tertiary/aromatic N) is 4. The van der Waals surface area contributed by atoms with E-state index in [9.17, 15) is 0 Å². The zero-order chi connectivity index (χ0) is 40.6. The van der Waals surface area contributed by atoms with Crippen molar-refractivity contribution in [3.8, 4) is 22.4 Å². The van der Waals surface area contributed by atoms with E-state index in [0.717, 1.165) is 46.0 Å². The Morgan fingerprint density at radius 3 is 1.87 bits per heavy atom. The molecule has 2 aliphatic rings. The Hall–Kier alpha value is -7.21. The van der Waals surface area contributed by atoms with Crippen molar-refractivity contribution >= 4 is 86.4 Å². The zero-order valence-electron chi connectivity index (χ0n) is 33.9. The Morgan fingerprint density at radius 2 is 1.15 bits per heavy atom. The molecule has 8 aromatic carbocycles. The van der Waals surface area contributed by atoms with Gasteiger partial charge in [0.25, 0.3) is 0 Å². The van der Waals surface area contributed by atoms with E-state index >= 15 is 0 Å². The third kappa shape index (κ3) is 5.91. The molecule has 5 heteroatoms. The summed E-state index contributed by atoms with van der Waals surface area (Å²) in [6, 6.07) is 59.3. The van der Waals surface area contributed by atoms with Crippen LogP contribution in [0.5, 0.6) is 0 Å². The van der Waals surface area contributed by atoms with Crippen LogP contribution in [-0.4, -0.2) is 34.8 Å². The fraction of sp³-hybridized carbons (Fsp3) is 0.0893. The lowest BCUT2D eigenvalue weighted by Gasteiger charge is -2.35. The van der Waals surface area contributed by atoms with Crippen LogP contribution in [0.15, 0.2) is 198 Å². The number of amidine groups is 2. The van der Waals surface area contributed by atoms with E-state index in [1.807, 2.05) is 17.4 Å². The van der Waals surface area contributed by atoms with Gasteiger partial charge in [0.15, 0.2) is 5.84 Å². The summed E-state index contributed by atoms with van der Waals surface area (Å²) in [4.78, 5) is 18.1.